The third kappa shape index (κ3) is 5.69. The Kier molecular flexibility index (Phi) is 7.30. The number of aryl methyl sites for hydroxylation is 1. The van der Waals surface area contributed by atoms with Crippen LogP contribution in [-0.4, -0.2) is 33.0 Å². The lowest BCUT2D eigenvalue weighted by molar-refractivity contribution is 0.569. The van der Waals surface area contributed by atoms with Gasteiger partial charge < -0.3 is 10.6 Å². The van der Waals surface area contributed by atoms with Crippen molar-refractivity contribution < 1.29 is 12.8 Å². The van der Waals surface area contributed by atoms with E-state index < -0.39 is 20.7 Å². The van der Waals surface area contributed by atoms with E-state index >= 15 is 0 Å². The molecule has 160 valence electrons. The average Bonchev–Trinajstić information content (AvgIpc) is 3.20. The second kappa shape index (κ2) is 9.74. The van der Waals surface area contributed by atoms with Gasteiger partial charge in [0.25, 0.3) is 10.0 Å². The van der Waals surface area contributed by atoms with Crippen molar-refractivity contribution in [3.8, 4) is 0 Å². The Hall–Kier alpha value is -2.20. The number of likely N-dealkylation sites (N-methyl/N-ethyl adjacent to an activating group) is 1. The summed E-state index contributed by atoms with van der Waals surface area (Å²) in [6, 6.07) is 10.5. The minimum Gasteiger partial charge on any atom is -0.382 e. The van der Waals surface area contributed by atoms with E-state index in [1.807, 2.05) is 14.0 Å². The first-order valence-electron chi connectivity index (χ1n) is 9.16. The quantitative estimate of drug-likeness (QED) is 0.436. The number of rotatable bonds is 9. The van der Waals surface area contributed by atoms with Gasteiger partial charge in [0.15, 0.2) is 5.13 Å². The van der Waals surface area contributed by atoms with Gasteiger partial charge in [0.1, 0.15) is 10.7 Å². The van der Waals surface area contributed by atoms with Crippen molar-refractivity contribution in [1.29, 1.82) is 0 Å². The van der Waals surface area contributed by atoms with E-state index in [0.717, 1.165) is 29.9 Å². The van der Waals surface area contributed by atoms with Crippen molar-refractivity contribution in [2.24, 2.45) is 0 Å². The van der Waals surface area contributed by atoms with Crippen LogP contribution >= 0.6 is 22.9 Å². The zero-order valence-electron chi connectivity index (χ0n) is 16.4. The molecule has 0 saturated heterocycles. The highest BCUT2D eigenvalue weighted by atomic mass is 35.5. The van der Waals surface area contributed by atoms with Crippen LogP contribution in [0.5, 0.6) is 0 Å². The minimum absolute atomic E-state index is 0.0711. The van der Waals surface area contributed by atoms with Gasteiger partial charge in [0.2, 0.25) is 0 Å². The number of aromatic nitrogens is 1. The maximum Gasteiger partial charge on any atom is 0.266 e. The summed E-state index contributed by atoms with van der Waals surface area (Å²) in [7, 11) is -2.29. The Balaban J connectivity index is 1.70. The molecule has 0 spiro atoms. The Morgan fingerprint density at radius 3 is 2.60 bits per heavy atom. The number of sulfonamides is 1. The van der Waals surface area contributed by atoms with Gasteiger partial charge in [-0.15, -0.1) is 11.3 Å². The molecule has 0 bridgehead atoms. The van der Waals surface area contributed by atoms with Gasteiger partial charge >= 0.3 is 0 Å². The molecule has 0 fully saturated rings. The summed E-state index contributed by atoms with van der Waals surface area (Å²) in [6.45, 7) is 2.51. The van der Waals surface area contributed by atoms with Gasteiger partial charge in [-0.05, 0) is 38.1 Å². The standard InChI is InChI=1S/C20H22ClFN4O2S2/c1-13-3-5-14(6-4-13)9-15(23-2)12-25-18-11-17(22)19(10-16(18)21)30(27,28)26-20-24-7-8-29-20/h3-8,10-11,15,23,25H,9,12H2,1-2H3,(H,24,26). The van der Waals surface area contributed by atoms with Crippen molar-refractivity contribution in [3.05, 3.63) is 69.9 Å². The number of halogens is 2. The lowest BCUT2D eigenvalue weighted by Crippen LogP contribution is -2.34. The zero-order chi connectivity index (χ0) is 21.7. The summed E-state index contributed by atoms with van der Waals surface area (Å²) in [5.74, 6) is -0.898. The predicted molar refractivity (Wildman–Crippen MR) is 121 cm³/mol. The van der Waals surface area contributed by atoms with Crippen LogP contribution < -0.4 is 15.4 Å². The minimum atomic E-state index is -4.14. The molecule has 3 N–H and O–H groups in total. The van der Waals surface area contributed by atoms with Crippen LogP contribution in [0, 0.1) is 12.7 Å². The summed E-state index contributed by atoms with van der Waals surface area (Å²) in [6.07, 6.45) is 2.22. The Morgan fingerprint density at radius 1 is 1.23 bits per heavy atom. The normalized spacial score (nSPS) is 12.5. The van der Waals surface area contributed by atoms with Gasteiger partial charge in [0, 0.05) is 24.2 Å². The molecule has 0 radical (unpaired) electrons. The van der Waals surface area contributed by atoms with Crippen LogP contribution in [0.25, 0.3) is 0 Å². The molecular weight excluding hydrogens is 447 g/mol. The molecule has 3 aromatic rings. The molecule has 1 heterocycles. The van der Waals surface area contributed by atoms with Crippen molar-refractivity contribution in [1.82, 2.24) is 10.3 Å². The van der Waals surface area contributed by atoms with E-state index in [0.29, 0.717) is 12.2 Å². The van der Waals surface area contributed by atoms with Gasteiger partial charge in [-0.25, -0.2) is 17.8 Å². The number of thiazole rings is 1. The van der Waals surface area contributed by atoms with Crippen molar-refractivity contribution in [2.45, 2.75) is 24.3 Å². The maximum atomic E-state index is 14.6. The fraction of sp³-hybridized carbons (Fsp3) is 0.250. The van der Waals surface area contributed by atoms with Crippen molar-refractivity contribution in [3.63, 3.8) is 0 Å². The summed E-state index contributed by atoms with van der Waals surface area (Å²) < 4.78 is 41.7. The summed E-state index contributed by atoms with van der Waals surface area (Å²) in [5, 5.41) is 8.20. The Bertz CT molecular complexity index is 1090. The zero-order valence-corrected chi connectivity index (χ0v) is 18.8. The van der Waals surface area contributed by atoms with E-state index in [4.69, 9.17) is 11.6 Å². The molecule has 1 unspecified atom stereocenters. The van der Waals surface area contributed by atoms with Gasteiger partial charge in [0.05, 0.1) is 10.7 Å². The van der Waals surface area contributed by atoms with E-state index in [9.17, 15) is 12.8 Å². The number of nitrogens with one attached hydrogen (secondary N) is 3. The van der Waals surface area contributed by atoms with E-state index in [1.165, 1.54) is 17.3 Å². The molecule has 0 saturated carbocycles. The fourth-order valence-electron chi connectivity index (χ4n) is 2.83. The molecule has 1 atom stereocenters. The number of hydrogen-bond acceptors (Lipinski definition) is 6. The molecule has 2 aromatic carbocycles. The second-order valence-corrected chi connectivity index (χ2v) is 9.71. The van der Waals surface area contributed by atoms with Crippen LogP contribution in [0.4, 0.5) is 15.2 Å². The number of benzene rings is 2. The molecule has 1 aromatic heterocycles. The molecule has 0 amide bonds. The van der Waals surface area contributed by atoms with E-state index in [2.05, 4.69) is 44.6 Å². The molecule has 0 aliphatic rings. The molecule has 30 heavy (non-hydrogen) atoms. The Labute approximate surface area is 184 Å². The van der Waals surface area contributed by atoms with Crippen LogP contribution in [0.1, 0.15) is 11.1 Å². The number of nitrogens with zero attached hydrogens (tertiary/aromatic N) is 1. The first kappa shape index (κ1) is 22.5. The Morgan fingerprint density at radius 2 is 1.97 bits per heavy atom. The van der Waals surface area contributed by atoms with E-state index in [1.54, 1.807) is 5.38 Å². The number of hydrogen-bond donors (Lipinski definition) is 3. The topological polar surface area (TPSA) is 83.1 Å². The average molecular weight is 469 g/mol. The second-order valence-electron chi connectivity index (χ2n) is 6.76. The predicted octanol–water partition coefficient (Wildman–Crippen LogP) is 4.29. The first-order chi connectivity index (χ1) is 14.3. The summed E-state index contributed by atoms with van der Waals surface area (Å²) in [5.41, 5.74) is 2.69. The molecule has 3 rings (SSSR count). The van der Waals surface area contributed by atoms with E-state index in [-0.39, 0.29) is 16.2 Å². The highest BCUT2D eigenvalue weighted by Crippen LogP contribution is 2.29. The monoisotopic (exact) mass is 468 g/mol. The van der Waals surface area contributed by atoms with Crippen LogP contribution in [-0.2, 0) is 16.4 Å². The maximum absolute atomic E-state index is 14.6. The highest BCUT2D eigenvalue weighted by molar-refractivity contribution is 7.93. The summed E-state index contributed by atoms with van der Waals surface area (Å²) in [4.78, 5) is 3.32. The largest absolute Gasteiger partial charge is 0.382 e. The molecule has 6 nitrogen and oxygen atoms in total. The van der Waals surface area contributed by atoms with Crippen LogP contribution in [0.15, 0.2) is 52.9 Å². The first-order valence-corrected chi connectivity index (χ1v) is 11.9. The third-order valence-corrected chi connectivity index (χ3v) is 7.00. The summed E-state index contributed by atoms with van der Waals surface area (Å²) >= 11 is 7.34. The molecule has 10 heteroatoms. The lowest BCUT2D eigenvalue weighted by Gasteiger charge is -2.19. The SMILES string of the molecule is CNC(CNc1cc(F)c(S(=O)(=O)Nc2nccs2)cc1Cl)Cc1ccc(C)cc1. The number of anilines is 2. The fourth-order valence-corrected chi connectivity index (χ4v) is 5.00. The van der Waals surface area contributed by atoms with Crippen molar-refractivity contribution >= 4 is 43.8 Å². The smallest absolute Gasteiger partial charge is 0.266 e. The van der Waals surface area contributed by atoms with Gasteiger partial charge in [-0.3, -0.25) is 4.72 Å². The lowest BCUT2D eigenvalue weighted by atomic mass is 10.0. The highest BCUT2D eigenvalue weighted by Gasteiger charge is 2.22. The molecular formula is C20H22ClFN4O2S2. The van der Waals surface area contributed by atoms with Gasteiger partial charge in [-0.2, -0.15) is 0 Å². The molecule has 0 aliphatic heterocycles. The van der Waals surface area contributed by atoms with Crippen molar-refractivity contribution in [2.75, 3.05) is 23.6 Å². The van der Waals surface area contributed by atoms with Crippen LogP contribution in [0.3, 0.4) is 0 Å². The third-order valence-electron chi connectivity index (χ3n) is 4.51. The molecule has 0 aliphatic carbocycles. The van der Waals surface area contributed by atoms with Crippen LogP contribution in [0.2, 0.25) is 5.02 Å². The van der Waals surface area contributed by atoms with Gasteiger partial charge in [-0.1, -0.05) is 41.4 Å².